The van der Waals surface area contributed by atoms with Crippen LogP contribution in [0, 0.1) is 0 Å². The zero-order valence-corrected chi connectivity index (χ0v) is 15.4. The van der Waals surface area contributed by atoms with Crippen molar-refractivity contribution in [2.24, 2.45) is 0 Å². The first-order valence-electron chi connectivity index (χ1n) is 9.44. The van der Waals surface area contributed by atoms with Crippen molar-refractivity contribution in [1.29, 1.82) is 0 Å². The van der Waals surface area contributed by atoms with Crippen LogP contribution >= 0.6 is 0 Å². The average molecular weight is 346 g/mol. The van der Waals surface area contributed by atoms with Crippen LogP contribution in [0.5, 0.6) is 5.75 Å². The SMILES string of the molecule is COc1ccc(CCc2cccc(N3CCNCC3)c2)c2ccccc12. The fourth-order valence-corrected chi connectivity index (χ4v) is 3.84. The van der Waals surface area contributed by atoms with Gasteiger partial charge in [0, 0.05) is 37.3 Å². The molecule has 1 saturated heterocycles. The van der Waals surface area contributed by atoms with Crippen molar-refractivity contribution < 1.29 is 4.74 Å². The molecule has 0 aliphatic carbocycles. The third-order valence-electron chi connectivity index (χ3n) is 5.27. The van der Waals surface area contributed by atoms with Crippen molar-refractivity contribution in [2.75, 3.05) is 38.2 Å². The highest BCUT2D eigenvalue weighted by Gasteiger charge is 2.11. The third-order valence-corrected chi connectivity index (χ3v) is 5.27. The van der Waals surface area contributed by atoms with Gasteiger partial charge in [-0.3, -0.25) is 0 Å². The Kier molecular flexibility index (Phi) is 5.07. The molecule has 0 atom stereocenters. The second kappa shape index (κ2) is 7.79. The van der Waals surface area contributed by atoms with Crippen LogP contribution in [0.25, 0.3) is 10.8 Å². The number of hydrogen-bond donors (Lipinski definition) is 1. The van der Waals surface area contributed by atoms with E-state index in [1.165, 1.54) is 27.6 Å². The van der Waals surface area contributed by atoms with Crippen molar-refractivity contribution in [1.82, 2.24) is 5.32 Å². The zero-order valence-electron chi connectivity index (χ0n) is 15.4. The number of nitrogens with one attached hydrogen (secondary N) is 1. The van der Waals surface area contributed by atoms with Crippen molar-refractivity contribution in [3.63, 3.8) is 0 Å². The lowest BCUT2D eigenvalue weighted by molar-refractivity contribution is 0.419. The van der Waals surface area contributed by atoms with Crippen LogP contribution in [-0.4, -0.2) is 33.3 Å². The number of methoxy groups -OCH3 is 1. The topological polar surface area (TPSA) is 24.5 Å². The van der Waals surface area contributed by atoms with Crippen LogP contribution in [0.15, 0.2) is 60.7 Å². The molecule has 0 radical (unpaired) electrons. The summed E-state index contributed by atoms with van der Waals surface area (Å²) in [5.74, 6) is 0.949. The summed E-state index contributed by atoms with van der Waals surface area (Å²) in [6.07, 6.45) is 2.09. The van der Waals surface area contributed by atoms with E-state index in [4.69, 9.17) is 4.74 Å². The van der Waals surface area contributed by atoms with E-state index in [9.17, 15) is 0 Å². The van der Waals surface area contributed by atoms with Gasteiger partial charge in [-0.25, -0.2) is 0 Å². The van der Waals surface area contributed by atoms with E-state index in [0.29, 0.717) is 0 Å². The molecule has 134 valence electrons. The standard InChI is InChI=1S/C23H26N2O/c1-26-23-12-11-19(21-7-2-3-8-22(21)23)10-9-18-5-4-6-20(17-18)25-15-13-24-14-16-25/h2-8,11-12,17,24H,9-10,13-16H2,1H3. The van der Waals surface area contributed by atoms with E-state index in [2.05, 4.69) is 70.9 Å². The Bertz CT molecular complexity index is 884. The molecular weight excluding hydrogens is 320 g/mol. The quantitative estimate of drug-likeness (QED) is 0.754. The van der Waals surface area contributed by atoms with Gasteiger partial charge < -0.3 is 15.0 Å². The van der Waals surface area contributed by atoms with Gasteiger partial charge in [0.2, 0.25) is 0 Å². The van der Waals surface area contributed by atoms with Crippen LogP contribution in [0.1, 0.15) is 11.1 Å². The summed E-state index contributed by atoms with van der Waals surface area (Å²) in [6, 6.07) is 21.9. The normalized spacial score (nSPS) is 14.6. The number of nitrogens with zero attached hydrogens (tertiary/aromatic N) is 1. The zero-order chi connectivity index (χ0) is 17.8. The first-order chi connectivity index (χ1) is 12.8. The van der Waals surface area contributed by atoms with E-state index in [0.717, 1.165) is 44.8 Å². The molecule has 1 aliphatic rings. The monoisotopic (exact) mass is 346 g/mol. The molecule has 26 heavy (non-hydrogen) atoms. The van der Waals surface area contributed by atoms with E-state index >= 15 is 0 Å². The molecule has 0 saturated carbocycles. The van der Waals surface area contributed by atoms with Crippen molar-refractivity contribution >= 4 is 16.5 Å². The minimum atomic E-state index is 0.949. The van der Waals surface area contributed by atoms with Crippen LogP contribution in [0.2, 0.25) is 0 Å². The molecule has 0 amide bonds. The molecule has 3 heteroatoms. The Morgan fingerprint density at radius 2 is 1.69 bits per heavy atom. The lowest BCUT2D eigenvalue weighted by atomic mass is 9.97. The van der Waals surface area contributed by atoms with E-state index in [-0.39, 0.29) is 0 Å². The minimum absolute atomic E-state index is 0.949. The smallest absolute Gasteiger partial charge is 0.126 e. The fourth-order valence-electron chi connectivity index (χ4n) is 3.84. The number of fused-ring (bicyclic) bond motifs is 1. The molecule has 1 heterocycles. The highest BCUT2D eigenvalue weighted by molar-refractivity contribution is 5.91. The molecular formula is C23H26N2O. The summed E-state index contributed by atoms with van der Waals surface area (Å²) in [4.78, 5) is 2.47. The maximum absolute atomic E-state index is 5.52. The number of piperazine rings is 1. The Morgan fingerprint density at radius 1 is 0.885 bits per heavy atom. The van der Waals surface area contributed by atoms with Crippen molar-refractivity contribution in [2.45, 2.75) is 12.8 Å². The van der Waals surface area contributed by atoms with Gasteiger partial charge in [0.25, 0.3) is 0 Å². The molecule has 0 spiro atoms. The predicted octanol–water partition coefficient (Wildman–Crippen LogP) is 4.04. The van der Waals surface area contributed by atoms with Crippen LogP contribution in [-0.2, 0) is 12.8 Å². The van der Waals surface area contributed by atoms with Gasteiger partial charge in [0.15, 0.2) is 0 Å². The first-order valence-corrected chi connectivity index (χ1v) is 9.44. The van der Waals surface area contributed by atoms with E-state index in [1.54, 1.807) is 7.11 Å². The Balaban J connectivity index is 1.53. The largest absolute Gasteiger partial charge is 0.496 e. The van der Waals surface area contributed by atoms with Gasteiger partial charge in [0.1, 0.15) is 5.75 Å². The highest BCUT2D eigenvalue weighted by atomic mass is 16.5. The second-order valence-electron chi connectivity index (χ2n) is 6.88. The van der Waals surface area contributed by atoms with Gasteiger partial charge in [-0.05, 0) is 47.6 Å². The van der Waals surface area contributed by atoms with Gasteiger partial charge >= 0.3 is 0 Å². The Morgan fingerprint density at radius 3 is 2.50 bits per heavy atom. The lowest BCUT2D eigenvalue weighted by Crippen LogP contribution is -2.43. The van der Waals surface area contributed by atoms with Gasteiger partial charge in [0.05, 0.1) is 7.11 Å². The molecule has 1 fully saturated rings. The fraction of sp³-hybridized carbons (Fsp3) is 0.304. The maximum atomic E-state index is 5.52. The van der Waals surface area contributed by atoms with Gasteiger partial charge in [-0.15, -0.1) is 0 Å². The van der Waals surface area contributed by atoms with E-state index < -0.39 is 0 Å². The van der Waals surface area contributed by atoms with E-state index in [1.807, 2.05) is 0 Å². The highest BCUT2D eigenvalue weighted by Crippen LogP contribution is 2.29. The summed E-state index contributed by atoms with van der Waals surface area (Å²) in [5, 5.41) is 5.91. The number of benzene rings is 3. The Hall–Kier alpha value is -2.52. The summed E-state index contributed by atoms with van der Waals surface area (Å²) in [6.45, 7) is 4.32. The number of anilines is 1. The van der Waals surface area contributed by atoms with Gasteiger partial charge in [-0.1, -0.05) is 42.5 Å². The molecule has 4 rings (SSSR count). The Labute approximate surface area is 155 Å². The first kappa shape index (κ1) is 16.9. The summed E-state index contributed by atoms with van der Waals surface area (Å²) < 4.78 is 5.52. The number of rotatable bonds is 5. The predicted molar refractivity (Wildman–Crippen MR) is 109 cm³/mol. The molecule has 0 bridgehead atoms. The minimum Gasteiger partial charge on any atom is -0.496 e. The number of hydrogen-bond acceptors (Lipinski definition) is 3. The number of aryl methyl sites for hydroxylation is 2. The van der Waals surface area contributed by atoms with Crippen LogP contribution < -0.4 is 15.0 Å². The molecule has 0 aromatic heterocycles. The second-order valence-corrected chi connectivity index (χ2v) is 6.88. The average Bonchev–Trinajstić information content (AvgIpc) is 2.73. The van der Waals surface area contributed by atoms with Crippen molar-refractivity contribution in [3.8, 4) is 5.75 Å². The molecule has 3 aromatic carbocycles. The van der Waals surface area contributed by atoms with Crippen LogP contribution in [0.3, 0.4) is 0 Å². The molecule has 1 N–H and O–H groups in total. The molecule has 3 nitrogen and oxygen atoms in total. The third kappa shape index (κ3) is 3.54. The summed E-state index contributed by atoms with van der Waals surface area (Å²) in [5.41, 5.74) is 4.14. The summed E-state index contributed by atoms with van der Waals surface area (Å²) >= 11 is 0. The molecule has 1 aliphatic heterocycles. The van der Waals surface area contributed by atoms with Gasteiger partial charge in [-0.2, -0.15) is 0 Å². The lowest BCUT2D eigenvalue weighted by Gasteiger charge is -2.29. The van der Waals surface area contributed by atoms with Crippen LogP contribution in [0.4, 0.5) is 5.69 Å². The molecule has 3 aromatic rings. The molecule has 0 unspecified atom stereocenters. The maximum Gasteiger partial charge on any atom is 0.126 e. The number of ether oxygens (including phenoxy) is 1. The summed E-state index contributed by atoms with van der Waals surface area (Å²) in [7, 11) is 1.74. The van der Waals surface area contributed by atoms with Crippen molar-refractivity contribution in [3.05, 3.63) is 71.8 Å².